The molecule has 0 fully saturated rings. The maximum atomic E-state index is 4.57. The molecule has 2 atom stereocenters. The van der Waals surface area contributed by atoms with Crippen LogP contribution in [0.3, 0.4) is 0 Å². The van der Waals surface area contributed by atoms with Crippen LogP contribution in [0.2, 0.25) is 0 Å². The number of nitrogens with zero attached hydrogens (tertiary/aromatic N) is 2. The molecule has 4 heteroatoms. The van der Waals surface area contributed by atoms with Crippen LogP contribution >= 0.6 is 15.9 Å². The van der Waals surface area contributed by atoms with Crippen molar-refractivity contribution in [1.82, 2.24) is 15.1 Å². The molecule has 0 amide bonds. The van der Waals surface area contributed by atoms with Crippen LogP contribution in [0.1, 0.15) is 84.5 Å². The van der Waals surface area contributed by atoms with Gasteiger partial charge < -0.3 is 5.32 Å². The van der Waals surface area contributed by atoms with Crippen molar-refractivity contribution in [3.8, 4) is 0 Å². The highest BCUT2D eigenvalue weighted by atomic mass is 79.9. The fourth-order valence-electron chi connectivity index (χ4n) is 2.91. The van der Waals surface area contributed by atoms with Crippen molar-refractivity contribution >= 4 is 15.9 Å². The molecule has 2 unspecified atom stereocenters. The van der Waals surface area contributed by atoms with Crippen molar-refractivity contribution in [2.24, 2.45) is 5.92 Å². The fourth-order valence-corrected chi connectivity index (χ4v) is 3.43. The zero-order valence-corrected chi connectivity index (χ0v) is 15.9. The Bertz CT molecular complexity index is 401. The van der Waals surface area contributed by atoms with Gasteiger partial charge in [0.15, 0.2) is 0 Å². The fraction of sp³-hybridized carbons (Fsp3) is 0.824. The van der Waals surface area contributed by atoms with E-state index in [9.17, 15) is 0 Å². The van der Waals surface area contributed by atoms with Crippen molar-refractivity contribution in [3.05, 3.63) is 16.4 Å². The van der Waals surface area contributed by atoms with Gasteiger partial charge in [-0.15, -0.1) is 0 Å². The minimum absolute atomic E-state index is 0.390. The third-order valence-corrected chi connectivity index (χ3v) is 4.72. The van der Waals surface area contributed by atoms with Crippen LogP contribution < -0.4 is 5.32 Å². The third-order valence-electron chi connectivity index (χ3n) is 4.11. The molecule has 0 spiro atoms. The summed E-state index contributed by atoms with van der Waals surface area (Å²) in [5.74, 6) is 0.669. The van der Waals surface area contributed by atoms with Gasteiger partial charge in [0.1, 0.15) is 0 Å². The van der Waals surface area contributed by atoms with Crippen molar-refractivity contribution in [2.45, 2.75) is 78.8 Å². The predicted octanol–water partition coefficient (Wildman–Crippen LogP) is 5.48. The lowest BCUT2D eigenvalue weighted by molar-refractivity contribution is 0.301. The number of rotatable bonds is 10. The second-order valence-electron chi connectivity index (χ2n) is 6.16. The Kier molecular flexibility index (Phi) is 8.57. The first-order valence-electron chi connectivity index (χ1n) is 8.52. The minimum Gasteiger partial charge on any atom is -0.308 e. The van der Waals surface area contributed by atoms with Gasteiger partial charge in [-0.1, -0.05) is 40.0 Å². The summed E-state index contributed by atoms with van der Waals surface area (Å²) in [6.45, 7) is 12.3. The monoisotopic (exact) mass is 357 g/mol. The molecule has 21 heavy (non-hydrogen) atoms. The van der Waals surface area contributed by atoms with Crippen molar-refractivity contribution in [3.63, 3.8) is 0 Å². The Morgan fingerprint density at radius 3 is 2.48 bits per heavy atom. The van der Waals surface area contributed by atoms with Gasteiger partial charge in [-0.05, 0) is 55.1 Å². The topological polar surface area (TPSA) is 29.9 Å². The maximum absolute atomic E-state index is 4.57. The van der Waals surface area contributed by atoms with E-state index in [1.807, 2.05) is 6.20 Å². The van der Waals surface area contributed by atoms with Gasteiger partial charge in [-0.2, -0.15) is 5.10 Å². The second kappa shape index (κ2) is 9.62. The summed E-state index contributed by atoms with van der Waals surface area (Å²) in [7, 11) is 0. The third kappa shape index (κ3) is 5.10. The molecule has 1 rings (SSSR count). The summed E-state index contributed by atoms with van der Waals surface area (Å²) in [5, 5.41) is 8.35. The lowest BCUT2D eigenvalue weighted by atomic mass is 9.89. The predicted molar refractivity (Wildman–Crippen MR) is 94.7 cm³/mol. The molecule has 1 aromatic rings. The molecule has 0 aliphatic rings. The Hall–Kier alpha value is -0.350. The Morgan fingerprint density at radius 2 is 1.95 bits per heavy atom. The summed E-state index contributed by atoms with van der Waals surface area (Å²) in [5.41, 5.74) is 1.32. The smallest absolute Gasteiger partial charge is 0.0701 e. The number of halogens is 1. The van der Waals surface area contributed by atoms with Crippen LogP contribution in [0.25, 0.3) is 0 Å². The molecule has 3 nitrogen and oxygen atoms in total. The standard InChI is InChI=1S/C17H32BrN3/c1-6-9-10-14(8-3)16(19-11-7-2)17-15(18)12-20-21(17)13(4)5/h12-14,16,19H,6-11H2,1-5H3. The molecule has 0 aliphatic heterocycles. The minimum atomic E-state index is 0.390. The molecule has 0 bridgehead atoms. The maximum Gasteiger partial charge on any atom is 0.0701 e. The molecule has 0 aliphatic carbocycles. The highest BCUT2D eigenvalue weighted by molar-refractivity contribution is 9.10. The highest BCUT2D eigenvalue weighted by Crippen LogP contribution is 2.34. The molecule has 1 heterocycles. The molecule has 1 N–H and O–H groups in total. The SMILES string of the molecule is CCCCC(CC)C(NCCC)c1c(Br)cnn1C(C)C. The van der Waals surface area contributed by atoms with Gasteiger partial charge in [-0.25, -0.2) is 0 Å². The van der Waals surface area contributed by atoms with E-state index in [1.165, 1.54) is 31.4 Å². The van der Waals surface area contributed by atoms with Gasteiger partial charge in [0.05, 0.1) is 22.4 Å². The first-order chi connectivity index (χ1) is 10.1. The summed E-state index contributed by atoms with van der Waals surface area (Å²) < 4.78 is 3.31. The molecule has 0 aromatic carbocycles. The van der Waals surface area contributed by atoms with E-state index in [4.69, 9.17) is 0 Å². The Labute approximate surface area is 139 Å². The van der Waals surface area contributed by atoms with E-state index in [-0.39, 0.29) is 0 Å². The average Bonchev–Trinajstić information content (AvgIpc) is 2.84. The number of hydrogen-bond acceptors (Lipinski definition) is 2. The largest absolute Gasteiger partial charge is 0.308 e. The molecule has 1 aromatic heterocycles. The van der Waals surface area contributed by atoms with Crippen LogP contribution in [0.4, 0.5) is 0 Å². The number of nitrogens with one attached hydrogen (secondary N) is 1. The van der Waals surface area contributed by atoms with Crippen LogP contribution in [-0.2, 0) is 0 Å². The van der Waals surface area contributed by atoms with Gasteiger partial charge in [0.25, 0.3) is 0 Å². The Balaban J connectivity index is 3.08. The van der Waals surface area contributed by atoms with E-state index in [1.54, 1.807) is 0 Å². The molecule has 122 valence electrons. The average molecular weight is 358 g/mol. The van der Waals surface area contributed by atoms with Gasteiger partial charge >= 0.3 is 0 Å². The van der Waals surface area contributed by atoms with Crippen LogP contribution in [-0.4, -0.2) is 16.3 Å². The number of hydrogen-bond donors (Lipinski definition) is 1. The van der Waals surface area contributed by atoms with Crippen molar-refractivity contribution < 1.29 is 0 Å². The summed E-state index contributed by atoms with van der Waals surface area (Å²) >= 11 is 3.72. The van der Waals surface area contributed by atoms with E-state index in [0.717, 1.165) is 17.4 Å². The van der Waals surface area contributed by atoms with Gasteiger partial charge in [-0.3, -0.25) is 4.68 Å². The molecule has 0 saturated heterocycles. The van der Waals surface area contributed by atoms with Gasteiger partial charge in [0.2, 0.25) is 0 Å². The molecule has 0 saturated carbocycles. The van der Waals surface area contributed by atoms with Crippen molar-refractivity contribution in [2.75, 3.05) is 6.54 Å². The molecular weight excluding hydrogens is 326 g/mol. The lowest BCUT2D eigenvalue weighted by Gasteiger charge is -2.29. The van der Waals surface area contributed by atoms with E-state index in [0.29, 0.717) is 18.0 Å². The highest BCUT2D eigenvalue weighted by Gasteiger charge is 2.27. The van der Waals surface area contributed by atoms with Gasteiger partial charge in [0, 0.05) is 6.04 Å². The molecule has 0 radical (unpaired) electrons. The Morgan fingerprint density at radius 1 is 1.24 bits per heavy atom. The van der Waals surface area contributed by atoms with Crippen LogP contribution in [0, 0.1) is 5.92 Å². The van der Waals surface area contributed by atoms with E-state index in [2.05, 4.69) is 65.6 Å². The zero-order chi connectivity index (χ0) is 15.8. The van der Waals surface area contributed by atoms with E-state index < -0.39 is 0 Å². The second-order valence-corrected chi connectivity index (χ2v) is 7.01. The number of aromatic nitrogens is 2. The summed E-state index contributed by atoms with van der Waals surface area (Å²) in [6, 6.07) is 0.779. The van der Waals surface area contributed by atoms with Crippen LogP contribution in [0.15, 0.2) is 10.7 Å². The van der Waals surface area contributed by atoms with Crippen LogP contribution in [0.5, 0.6) is 0 Å². The normalized spacial score (nSPS) is 14.6. The van der Waals surface area contributed by atoms with E-state index >= 15 is 0 Å². The van der Waals surface area contributed by atoms with Crippen molar-refractivity contribution in [1.29, 1.82) is 0 Å². The quantitative estimate of drug-likeness (QED) is 0.600. The zero-order valence-electron chi connectivity index (χ0n) is 14.3. The summed E-state index contributed by atoms with van der Waals surface area (Å²) in [6.07, 6.45) is 8.16. The first kappa shape index (κ1) is 18.7. The first-order valence-corrected chi connectivity index (χ1v) is 9.32. The lowest BCUT2D eigenvalue weighted by Crippen LogP contribution is -2.31. The molecular formula is C17H32BrN3. The summed E-state index contributed by atoms with van der Waals surface area (Å²) in [4.78, 5) is 0. The number of unbranched alkanes of at least 4 members (excludes halogenated alkanes) is 1.